The Bertz CT molecular complexity index is 556. The molecule has 0 saturated carbocycles. The summed E-state index contributed by atoms with van der Waals surface area (Å²) in [5, 5.41) is 13.2. The van der Waals surface area contributed by atoms with Gasteiger partial charge in [-0.2, -0.15) is 8.78 Å². The number of carbonyl (C=O) groups is 1. The SMILES string of the molecule is O=C(NC(CO)c1ccco1)c1sccc1OC(F)F. The number of furan rings is 1. The van der Waals surface area contributed by atoms with Gasteiger partial charge in [0.1, 0.15) is 22.4 Å². The zero-order valence-electron chi connectivity index (χ0n) is 10.1. The van der Waals surface area contributed by atoms with E-state index in [1.54, 1.807) is 12.1 Å². The van der Waals surface area contributed by atoms with Crippen molar-refractivity contribution in [1.82, 2.24) is 5.32 Å². The summed E-state index contributed by atoms with van der Waals surface area (Å²) in [5.74, 6) is -0.446. The molecule has 0 saturated heterocycles. The van der Waals surface area contributed by atoms with Gasteiger partial charge in [0.25, 0.3) is 5.91 Å². The Morgan fingerprint density at radius 1 is 1.50 bits per heavy atom. The summed E-state index contributed by atoms with van der Waals surface area (Å²) in [6.07, 6.45) is 1.40. The Labute approximate surface area is 116 Å². The second-order valence-corrected chi connectivity index (χ2v) is 4.63. The number of hydrogen-bond acceptors (Lipinski definition) is 5. The first kappa shape index (κ1) is 14.5. The van der Waals surface area contributed by atoms with E-state index in [4.69, 9.17) is 4.42 Å². The Kier molecular flexibility index (Phi) is 4.70. The summed E-state index contributed by atoms with van der Waals surface area (Å²) in [7, 11) is 0. The lowest BCUT2D eigenvalue weighted by molar-refractivity contribution is -0.0498. The zero-order chi connectivity index (χ0) is 14.5. The molecule has 0 aliphatic rings. The number of rotatable bonds is 6. The van der Waals surface area contributed by atoms with E-state index in [0.717, 1.165) is 11.3 Å². The molecule has 2 aromatic rings. The van der Waals surface area contributed by atoms with Gasteiger partial charge in [-0.1, -0.05) is 0 Å². The van der Waals surface area contributed by atoms with Crippen LogP contribution in [0.3, 0.4) is 0 Å². The first-order valence-electron chi connectivity index (χ1n) is 5.59. The van der Waals surface area contributed by atoms with Crippen LogP contribution < -0.4 is 10.1 Å². The predicted octanol–water partition coefficient (Wildman–Crippen LogP) is 2.41. The van der Waals surface area contributed by atoms with E-state index in [-0.39, 0.29) is 17.2 Å². The Hall–Kier alpha value is -1.93. The average Bonchev–Trinajstić information content (AvgIpc) is 3.05. The molecular weight excluding hydrogens is 292 g/mol. The lowest BCUT2D eigenvalue weighted by atomic mass is 10.2. The third-order valence-corrected chi connectivity index (χ3v) is 3.32. The first-order valence-corrected chi connectivity index (χ1v) is 6.47. The van der Waals surface area contributed by atoms with Crippen LogP contribution in [0.15, 0.2) is 34.3 Å². The zero-order valence-corrected chi connectivity index (χ0v) is 10.9. The fourth-order valence-electron chi connectivity index (χ4n) is 1.57. The molecule has 20 heavy (non-hydrogen) atoms. The number of halogens is 2. The number of amides is 1. The molecule has 0 radical (unpaired) electrons. The van der Waals surface area contributed by atoms with Crippen LogP contribution in [0.25, 0.3) is 0 Å². The molecule has 108 valence electrons. The summed E-state index contributed by atoms with van der Waals surface area (Å²) in [6.45, 7) is -3.38. The van der Waals surface area contributed by atoms with Crippen LogP contribution in [0.4, 0.5) is 8.78 Å². The molecule has 5 nitrogen and oxygen atoms in total. The van der Waals surface area contributed by atoms with Gasteiger partial charge in [0.15, 0.2) is 0 Å². The lowest BCUT2D eigenvalue weighted by Crippen LogP contribution is -2.30. The number of hydrogen-bond donors (Lipinski definition) is 2. The van der Waals surface area contributed by atoms with E-state index in [9.17, 15) is 18.7 Å². The van der Waals surface area contributed by atoms with Crippen molar-refractivity contribution < 1.29 is 27.8 Å². The van der Waals surface area contributed by atoms with Crippen molar-refractivity contribution in [3.8, 4) is 5.75 Å². The molecule has 0 spiro atoms. The molecule has 0 aromatic carbocycles. The highest BCUT2D eigenvalue weighted by molar-refractivity contribution is 7.12. The highest BCUT2D eigenvalue weighted by Gasteiger charge is 2.22. The van der Waals surface area contributed by atoms with Crippen LogP contribution in [0.1, 0.15) is 21.5 Å². The largest absolute Gasteiger partial charge is 0.467 e. The summed E-state index contributed by atoms with van der Waals surface area (Å²) in [4.78, 5) is 12.0. The van der Waals surface area contributed by atoms with Gasteiger partial charge in [0, 0.05) is 0 Å². The van der Waals surface area contributed by atoms with Gasteiger partial charge in [0.2, 0.25) is 0 Å². The minimum Gasteiger partial charge on any atom is -0.467 e. The van der Waals surface area contributed by atoms with Crippen LogP contribution in [0, 0.1) is 0 Å². The maximum absolute atomic E-state index is 12.2. The standard InChI is InChI=1S/C12H11F2NO4S/c13-12(14)19-9-3-5-20-10(9)11(17)15-7(6-16)8-2-1-4-18-8/h1-5,7,12,16H,6H2,(H,15,17). The Balaban J connectivity index is 2.10. The molecule has 0 bridgehead atoms. The smallest absolute Gasteiger partial charge is 0.387 e. The molecule has 1 atom stereocenters. The van der Waals surface area contributed by atoms with Crippen LogP contribution in [-0.2, 0) is 0 Å². The van der Waals surface area contributed by atoms with Gasteiger partial charge in [0.05, 0.1) is 12.9 Å². The second-order valence-electron chi connectivity index (χ2n) is 3.72. The number of ether oxygens (including phenoxy) is 1. The maximum Gasteiger partial charge on any atom is 0.387 e. The third-order valence-electron chi connectivity index (χ3n) is 2.43. The third kappa shape index (κ3) is 3.34. The van der Waals surface area contributed by atoms with E-state index < -0.39 is 18.6 Å². The van der Waals surface area contributed by atoms with Crippen molar-refractivity contribution in [3.63, 3.8) is 0 Å². The average molecular weight is 303 g/mol. The fraction of sp³-hybridized carbons (Fsp3) is 0.250. The topological polar surface area (TPSA) is 71.7 Å². The van der Waals surface area contributed by atoms with Crippen molar-refractivity contribution in [1.29, 1.82) is 0 Å². The molecule has 0 aliphatic carbocycles. The second kappa shape index (κ2) is 6.49. The fourth-order valence-corrected chi connectivity index (χ4v) is 2.30. The van der Waals surface area contributed by atoms with Crippen LogP contribution >= 0.6 is 11.3 Å². The monoisotopic (exact) mass is 303 g/mol. The van der Waals surface area contributed by atoms with Gasteiger partial charge in [-0.25, -0.2) is 0 Å². The lowest BCUT2D eigenvalue weighted by Gasteiger charge is -2.14. The Morgan fingerprint density at radius 3 is 2.90 bits per heavy atom. The van der Waals surface area contributed by atoms with E-state index >= 15 is 0 Å². The van der Waals surface area contributed by atoms with Gasteiger partial charge < -0.3 is 19.6 Å². The van der Waals surface area contributed by atoms with Crippen molar-refractivity contribution >= 4 is 17.2 Å². The molecule has 1 amide bonds. The van der Waals surface area contributed by atoms with Gasteiger partial charge in [-0.05, 0) is 23.6 Å². The first-order chi connectivity index (χ1) is 9.61. The van der Waals surface area contributed by atoms with E-state index in [2.05, 4.69) is 10.1 Å². The summed E-state index contributed by atoms with van der Waals surface area (Å²) in [6, 6.07) is 3.73. The normalized spacial score (nSPS) is 12.4. The predicted molar refractivity (Wildman–Crippen MR) is 67.0 cm³/mol. The van der Waals surface area contributed by atoms with Crippen molar-refractivity contribution in [2.45, 2.75) is 12.7 Å². The maximum atomic E-state index is 12.2. The molecule has 0 fully saturated rings. The van der Waals surface area contributed by atoms with Crippen molar-refractivity contribution in [3.05, 3.63) is 40.5 Å². The van der Waals surface area contributed by atoms with Crippen molar-refractivity contribution in [2.24, 2.45) is 0 Å². The quantitative estimate of drug-likeness (QED) is 0.859. The molecule has 8 heteroatoms. The highest BCUT2D eigenvalue weighted by Crippen LogP contribution is 2.27. The molecule has 1 unspecified atom stereocenters. The number of carbonyl (C=O) groups excluding carboxylic acids is 1. The van der Waals surface area contributed by atoms with Gasteiger partial charge in [-0.15, -0.1) is 11.3 Å². The number of thiophene rings is 1. The van der Waals surface area contributed by atoms with Crippen LogP contribution in [0.5, 0.6) is 5.75 Å². The molecule has 2 heterocycles. The summed E-state index contributed by atoms with van der Waals surface area (Å²) in [5.41, 5.74) is 0. The van der Waals surface area contributed by atoms with Gasteiger partial charge in [-0.3, -0.25) is 4.79 Å². The van der Waals surface area contributed by atoms with E-state index in [1.165, 1.54) is 17.7 Å². The molecule has 2 N–H and O–H groups in total. The van der Waals surface area contributed by atoms with E-state index in [0.29, 0.717) is 5.76 Å². The van der Waals surface area contributed by atoms with Crippen LogP contribution in [0.2, 0.25) is 0 Å². The van der Waals surface area contributed by atoms with E-state index in [1.807, 2.05) is 0 Å². The minimum atomic E-state index is -3.00. The highest BCUT2D eigenvalue weighted by atomic mass is 32.1. The van der Waals surface area contributed by atoms with Crippen molar-refractivity contribution in [2.75, 3.05) is 6.61 Å². The molecule has 2 rings (SSSR count). The number of alkyl halides is 2. The summed E-state index contributed by atoms with van der Waals surface area (Å²) >= 11 is 0.967. The molecular formula is C12H11F2NO4S. The summed E-state index contributed by atoms with van der Waals surface area (Å²) < 4.78 is 33.7. The van der Waals surface area contributed by atoms with Crippen LogP contribution in [-0.4, -0.2) is 24.2 Å². The number of nitrogens with one attached hydrogen (secondary N) is 1. The number of aliphatic hydroxyl groups excluding tert-OH is 1. The molecule has 2 aromatic heterocycles. The van der Waals surface area contributed by atoms with Gasteiger partial charge >= 0.3 is 6.61 Å². The Morgan fingerprint density at radius 2 is 2.30 bits per heavy atom. The minimum absolute atomic E-state index is 0.00954. The molecule has 0 aliphatic heterocycles. The number of aliphatic hydroxyl groups is 1.